The number of pyridine rings is 1. The lowest BCUT2D eigenvalue weighted by atomic mass is 10.2. The van der Waals surface area contributed by atoms with Crippen LogP contribution in [0.15, 0.2) is 29.4 Å². The van der Waals surface area contributed by atoms with Crippen LogP contribution in [0.3, 0.4) is 0 Å². The van der Waals surface area contributed by atoms with Gasteiger partial charge in [-0.05, 0) is 30.7 Å². The average molecular weight is 225 g/mol. The summed E-state index contributed by atoms with van der Waals surface area (Å²) in [5.41, 5.74) is 2.12. The highest BCUT2D eigenvalue weighted by atomic mass is 32.2. The highest BCUT2D eigenvalue weighted by molar-refractivity contribution is 7.99. The molecular weight excluding hydrogens is 210 g/mol. The summed E-state index contributed by atoms with van der Waals surface area (Å²) in [6, 6.07) is 3.97. The highest BCUT2D eigenvalue weighted by Crippen LogP contribution is 2.17. The van der Waals surface area contributed by atoms with Crippen LogP contribution in [0.5, 0.6) is 0 Å². The largest absolute Gasteiger partial charge is 0.294 e. The van der Waals surface area contributed by atoms with Gasteiger partial charge in [0.15, 0.2) is 0 Å². The standard InChI is InChI=1S/C10H15N3OS/c11-13-10(14)3-1-2-8-15-9-4-6-12-7-5-9/h4-7H,1-3,8,11H2,(H,13,14). The fourth-order valence-electron chi connectivity index (χ4n) is 1.08. The molecule has 1 rings (SSSR count). The number of thioether (sulfide) groups is 1. The molecular formula is C10H15N3OS. The molecule has 1 amide bonds. The Morgan fingerprint density at radius 2 is 2.13 bits per heavy atom. The molecule has 5 heteroatoms. The van der Waals surface area contributed by atoms with Crippen LogP contribution in [0.4, 0.5) is 0 Å². The second kappa shape index (κ2) is 7.25. The van der Waals surface area contributed by atoms with Crippen LogP contribution in [0.1, 0.15) is 19.3 Å². The minimum Gasteiger partial charge on any atom is -0.294 e. The summed E-state index contributed by atoms with van der Waals surface area (Å²) in [5, 5.41) is 0. The average Bonchev–Trinajstić information content (AvgIpc) is 2.29. The van der Waals surface area contributed by atoms with Gasteiger partial charge in [0.2, 0.25) is 5.91 Å². The number of hydrazine groups is 1. The Hall–Kier alpha value is -1.07. The molecule has 4 nitrogen and oxygen atoms in total. The van der Waals surface area contributed by atoms with Gasteiger partial charge >= 0.3 is 0 Å². The number of amides is 1. The lowest BCUT2D eigenvalue weighted by Crippen LogP contribution is -2.29. The summed E-state index contributed by atoms with van der Waals surface area (Å²) in [5.74, 6) is 5.89. The van der Waals surface area contributed by atoms with Gasteiger partial charge in [0, 0.05) is 23.7 Å². The third-order valence-corrected chi connectivity index (χ3v) is 2.98. The number of carbonyl (C=O) groups is 1. The monoisotopic (exact) mass is 225 g/mol. The van der Waals surface area contributed by atoms with Crippen molar-refractivity contribution < 1.29 is 4.79 Å². The van der Waals surface area contributed by atoms with E-state index in [-0.39, 0.29) is 5.91 Å². The minimum absolute atomic E-state index is 0.0936. The molecule has 0 radical (unpaired) electrons. The summed E-state index contributed by atoms with van der Waals surface area (Å²) < 4.78 is 0. The Kier molecular flexibility index (Phi) is 5.80. The van der Waals surface area contributed by atoms with E-state index < -0.39 is 0 Å². The molecule has 0 aliphatic carbocycles. The molecule has 3 N–H and O–H groups in total. The molecule has 15 heavy (non-hydrogen) atoms. The molecule has 0 spiro atoms. The second-order valence-electron chi connectivity index (χ2n) is 3.06. The lowest BCUT2D eigenvalue weighted by molar-refractivity contribution is -0.121. The van der Waals surface area contributed by atoms with Gasteiger partial charge in [0.1, 0.15) is 0 Å². The SMILES string of the molecule is NNC(=O)CCCCSc1ccncc1. The molecule has 0 aliphatic rings. The molecule has 82 valence electrons. The van der Waals surface area contributed by atoms with Crippen LogP contribution in [0.2, 0.25) is 0 Å². The Morgan fingerprint density at radius 1 is 1.40 bits per heavy atom. The van der Waals surface area contributed by atoms with Gasteiger partial charge in [-0.25, -0.2) is 5.84 Å². The summed E-state index contributed by atoms with van der Waals surface area (Å²) in [6.07, 6.45) is 5.96. The normalized spacial score (nSPS) is 9.93. The lowest BCUT2D eigenvalue weighted by Gasteiger charge is -2.01. The van der Waals surface area contributed by atoms with Crippen molar-refractivity contribution in [2.75, 3.05) is 5.75 Å². The van der Waals surface area contributed by atoms with Gasteiger partial charge in [-0.2, -0.15) is 0 Å². The molecule has 1 heterocycles. The quantitative estimate of drug-likeness (QED) is 0.252. The first-order chi connectivity index (χ1) is 7.33. The summed E-state index contributed by atoms with van der Waals surface area (Å²) >= 11 is 1.78. The molecule has 1 aromatic heterocycles. The maximum Gasteiger partial charge on any atom is 0.233 e. The van der Waals surface area contributed by atoms with E-state index in [9.17, 15) is 4.79 Å². The van der Waals surface area contributed by atoms with Crippen LogP contribution in [0, 0.1) is 0 Å². The molecule has 0 saturated carbocycles. The van der Waals surface area contributed by atoms with E-state index in [0.717, 1.165) is 18.6 Å². The van der Waals surface area contributed by atoms with E-state index in [1.54, 1.807) is 24.2 Å². The van der Waals surface area contributed by atoms with Gasteiger partial charge in [0.05, 0.1) is 0 Å². The van der Waals surface area contributed by atoms with Crippen molar-refractivity contribution in [3.8, 4) is 0 Å². The van der Waals surface area contributed by atoms with E-state index in [4.69, 9.17) is 5.84 Å². The van der Waals surface area contributed by atoms with E-state index in [1.807, 2.05) is 12.1 Å². The Bertz CT molecular complexity index is 292. The Labute approximate surface area is 93.6 Å². The fourth-order valence-corrected chi connectivity index (χ4v) is 1.98. The predicted octanol–water partition coefficient (Wildman–Crippen LogP) is 1.33. The smallest absolute Gasteiger partial charge is 0.233 e. The summed E-state index contributed by atoms with van der Waals surface area (Å²) in [6.45, 7) is 0. The fraction of sp³-hybridized carbons (Fsp3) is 0.400. The van der Waals surface area contributed by atoms with Gasteiger partial charge in [0.25, 0.3) is 0 Å². The topological polar surface area (TPSA) is 68.0 Å². The number of nitrogens with one attached hydrogen (secondary N) is 1. The molecule has 0 bridgehead atoms. The zero-order valence-corrected chi connectivity index (χ0v) is 9.30. The first-order valence-corrected chi connectivity index (χ1v) is 5.84. The number of carbonyl (C=O) groups excluding carboxylic acids is 1. The van der Waals surface area contributed by atoms with Gasteiger partial charge in [-0.1, -0.05) is 0 Å². The van der Waals surface area contributed by atoms with Crippen molar-refractivity contribution in [1.82, 2.24) is 10.4 Å². The molecule has 0 aromatic carbocycles. The number of hydrogen-bond acceptors (Lipinski definition) is 4. The number of unbranched alkanes of at least 4 members (excludes halogenated alkanes) is 1. The number of rotatable bonds is 6. The van der Waals surface area contributed by atoms with Crippen LogP contribution >= 0.6 is 11.8 Å². The minimum atomic E-state index is -0.0936. The Morgan fingerprint density at radius 3 is 2.80 bits per heavy atom. The van der Waals surface area contributed by atoms with Crippen molar-refractivity contribution in [1.29, 1.82) is 0 Å². The summed E-state index contributed by atoms with van der Waals surface area (Å²) in [7, 11) is 0. The molecule has 0 aliphatic heterocycles. The molecule has 1 aromatic rings. The zero-order valence-electron chi connectivity index (χ0n) is 8.48. The zero-order chi connectivity index (χ0) is 10.9. The van der Waals surface area contributed by atoms with E-state index in [2.05, 4.69) is 10.4 Å². The van der Waals surface area contributed by atoms with Crippen molar-refractivity contribution in [2.24, 2.45) is 5.84 Å². The maximum atomic E-state index is 10.8. The predicted molar refractivity (Wildman–Crippen MR) is 61.1 cm³/mol. The van der Waals surface area contributed by atoms with Crippen molar-refractivity contribution in [3.05, 3.63) is 24.5 Å². The van der Waals surface area contributed by atoms with E-state index >= 15 is 0 Å². The van der Waals surface area contributed by atoms with Crippen molar-refractivity contribution in [3.63, 3.8) is 0 Å². The first kappa shape index (κ1) is 12.0. The van der Waals surface area contributed by atoms with Gasteiger partial charge in [-0.15, -0.1) is 11.8 Å². The van der Waals surface area contributed by atoms with Gasteiger partial charge in [-0.3, -0.25) is 15.2 Å². The summed E-state index contributed by atoms with van der Waals surface area (Å²) in [4.78, 5) is 16.0. The third kappa shape index (κ3) is 5.39. The molecule has 0 saturated heterocycles. The Balaban J connectivity index is 2.05. The number of hydrogen-bond donors (Lipinski definition) is 2. The first-order valence-electron chi connectivity index (χ1n) is 4.85. The number of nitrogens with zero attached hydrogens (tertiary/aromatic N) is 1. The van der Waals surface area contributed by atoms with Crippen molar-refractivity contribution >= 4 is 17.7 Å². The van der Waals surface area contributed by atoms with E-state index in [1.165, 1.54) is 4.90 Å². The number of nitrogens with two attached hydrogens (primary N) is 1. The van der Waals surface area contributed by atoms with Crippen LogP contribution in [-0.2, 0) is 4.79 Å². The van der Waals surface area contributed by atoms with Crippen LogP contribution in [-0.4, -0.2) is 16.6 Å². The third-order valence-electron chi connectivity index (χ3n) is 1.88. The highest BCUT2D eigenvalue weighted by Gasteiger charge is 1.98. The number of aromatic nitrogens is 1. The van der Waals surface area contributed by atoms with Crippen LogP contribution in [0.25, 0.3) is 0 Å². The maximum absolute atomic E-state index is 10.8. The van der Waals surface area contributed by atoms with E-state index in [0.29, 0.717) is 6.42 Å². The molecule has 0 fully saturated rings. The van der Waals surface area contributed by atoms with Gasteiger partial charge < -0.3 is 0 Å². The van der Waals surface area contributed by atoms with Crippen LogP contribution < -0.4 is 11.3 Å². The van der Waals surface area contributed by atoms with Crippen molar-refractivity contribution in [2.45, 2.75) is 24.2 Å². The molecule has 0 unspecified atom stereocenters. The second-order valence-corrected chi connectivity index (χ2v) is 4.22. The molecule has 0 atom stereocenters.